The van der Waals surface area contributed by atoms with Crippen LogP contribution in [-0.2, 0) is 6.18 Å². The summed E-state index contributed by atoms with van der Waals surface area (Å²) in [6.07, 6.45) is 0.422. The van der Waals surface area contributed by atoms with Crippen molar-refractivity contribution in [3.63, 3.8) is 0 Å². The lowest BCUT2D eigenvalue weighted by atomic mass is 10.1. The van der Waals surface area contributed by atoms with Crippen LogP contribution in [0.3, 0.4) is 0 Å². The summed E-state index contributed by atoms with van der Waals surface area (Å²) in [4.78, 5) is 0. The number of alkyl halides is 3. The van der Waals surface area contributed by atoms with E-state index in [-0.39, 0.29) is 18.0 Å². The molecule has 0 heterocycles. The van der Waals surface area contributed by atoms with Crippen LogP contribution in [0.1, 0.15) is 5.56 Å². The molecule has 0 saturated carbocycles. The van der Waals surface area contributed by atoms with Crippen LogP contribution >= 0.6 is 0 Å². The highest BCUT2D eigenvalue weighted by Crippen LogP contribution is 2.35. The average molecular weight is 215 g/mol. The van der Waals surface area contributed by atoms with Crippen molar-refractivity contribution in [2.45, 2.75) is 6.18 Å². The topological polar surface area (TPSA) is 35.2 Å². The Morgan fingerprint density at radius 3 is 2.60 bits per heavy atom. The van der Waals surface area contributed by atoms with Crippen LogP contribution in [0.5, 0.6) is 5.75 Å². The summed E-state index contributed by atoms with van der Waals surface area (Å²) in [6.45, 7) is -0.0821. The van der Waals surface area contributed by atoms with Gasteiger partial charge in [0.1, 0.15) is 12.4 Å². The lowest BCUT2D eigenvalue weighted by Crippen LogP contribution is -2.09. The van der Waals surface area contributed by atoms with Gasteiger partial charge < -0.3 is 10.5 Å². The van der Waals surface area contributed by atoms with Gasteiger partial charge >= 0.3 is 6.18 Å². The zero-order valence-electron chi connectivity index (χ0n) is 7.64. The molecule has 1 rings (SSSR count). The second kappa shape index (κ2) is 4.13. The number of anilines is 1. The predicted octanol–water partition coefficient (Wildman–Crippen LogP) is 2.30. The van der Waals surface area contributed by atoms with Gasteiger partial charge in [0, 0.05) is 5.69 Å². The van der Waals surface area contributed by atoms with E-state index < -0.39 is 11.7 Å². The summed E-state index contributed by atoms with van der Waals surface area (Å²) in [6, 6.07) is 3.29. The standard InChI is InChI=1S/C10H8F3NO/c1-2-5-15-7-3-4-9(14)8(6-7)10(11,12)13/h1,3-4,6H,5,14H2. The lowest BCUT2D eigenvalue weighted by Gasteiger charge is -2.11. The van der Waals surface area contributed by atoms with Gasteiger partial charge in [-0.05, 0) is 18.2 Å². The summed E-state index contributed by atoms with van der Waals surface area (Å²) in [5.74, 6) is 2.20. The molecule has 0 aromatic heterocycles. The lowest BCUT2D eigenvalue weighted by molar-refractivity contribution is -0.137. The Bertz CT molecular complexity index is 393. The van der Waals surface area contributed by atoms with E-state index in [0.717, 1.165) is 12.1 Å². The Hall–Kier alpha value is -1.83. The molecule has 0 radical (unpaired) electrons. The number of terminal acetylenes is 1. The molecule has 0 fully saturated rings. The minimum absolute atomic E-state index is 0.0504. The third-order valence-electron chi connectivity index (χ3n) is 1.65. The summed E-state index contributed by atoms with van der Waals surface area (Å²) < 4.78 is 42.0. The largest absolute Gasteiger partial charge is 0.481 e. The van der Waals surface area contributed by atoms with E-state index in [1.807, 2.05) is 0 Å². The van der Waals surface area contributed by atoms with Crippen LogP contribution in [0.4, 0.5) is 18.9 Å². The zero-order chi connectivity index (χ0) is 11.5. The van der Waals surface area contributed by atoms with E-state index in [9.17, 15) is 13.2 Å². The Balaban J connectivity index is 3.02. The number of ether oxygens (including phenoxy) is 1. The van der Waals surface area contributed by atoms with Crippen molar-refractivity contribution < 1.29 is 17.9 Å². The highest BCUT2D eigenvalue weighted by molar-refractivity contribution is 5.52. The van der Waals surface area contributed by atoms with Crippen LogP contribution in [0.2, 0.25) is 0 Å². The Kier molecular flexibility index (Phi) is 3.10. The molecule has 5 heteroatoms. The van der Waals surface area contributed by atoms with Crippen LogP contribution in [0, 0.1) is 12.3 Å². The molecule has 0 bridgehead atoms. The minimum atomic E-state index is -4.49. The smallest absolute Gasteiger partial charge is 0.418 e. The van der Waals surface area contributed by atoms with Gasteiger partial charge in [0.05, 0.1) is 5.56 Å². The average Bonchev–Trinajstić information content (AvgIpc) is 2.15. The Morgan fingerprint density at radius 2 is 2.07 bits per heavy atom. The van der Waals surface area contributed by atoms with Gasteiger partial charge in [0.15, 0.2) is 0 Å². The van der Waals surface area contributed by atoms with Gasteiger partial charge in [-0.25, -0.2) is 0 Å². The maximum Gasteiger partial charge on any atom is 0.418 e. The fourth-order valence-corrected chi connectivity index (χ4v) is 0.996. The van der Waals surface area contributed by atoms with E-state index in [1.54, 1.807) is 0 Å². The Morgan fingerprint density at radius 1 is 1.40 bits per heavy atom. The maximum absolute atomic E-state index is 12.4. The number of hydrogen-bond acceptors (Lipinski definition) is 2. The summed E-state index contributed by atoms with van der Waals surface area (Å²) in [7, 11) is 0. The minimum Gasteiger partial charge on any atom is -0.481 e. The SMILES string of the molecule is C#CCOc1ccc(N)c(C(F)(F)F)c1. The molecule has 2 N–H and O–H groups in total. The van der Waals surface area contributed by atoms with Gasteiger partial charge in [-0.2, -0.15) is 13.2 Å². The molecule has 0 aliphatic carbocycles. The van der Waals surface area contributed by atoms with Crippen molar-refractivity contribution in [3.05, 3.63) is 23.8 Å². The quantitative estimate of drug-likeness (QED) is 0.606. The summed E-state index contributed by atoms with van der Waals surface area (Å²) in [5, 5.41) is 0. The summed E-state index contributed by atoms with van der Waals surface area (Å²) in [5.41, 5.74) is 3.93. The van der Waals surface area contributed by atoms with Gasteiger partial charge in [-0.1, -0.05) is 5.92 Å². The molecule has 0 amide bonds. The molecule has 1 aromatic rings. The van der Waals surface area contributed by atoms with Gasteiger partial charge in [-0.15, -0.1) is 6.42 Å². The molecular weight excluding hydrogens is 207 g/mol. The molecule has 0 spiro atoms. The number of nitrogen functional groups attached to an aromatic ring is 1. The van der Waals surface area contributed by atoms with E-state index >= 15 is 0 Å². The zero-order valence-corrected chi connectivity index (χ0v) is 7.64. The number of hydrogen-bond donors (Lipinski definition) is 1. The van der Waals surface area contributed by atoms with Gasteiger partial charge in [0.25, 0.3) is 0 Å². The van der Waals surface area contributed by atoms with Crippen LogP contribution in [-0.4, -0.2) is 6.61 Å². The molecule has 0 unspecified atom stereocenters. The molecule has 0 aliphatic heterocycles. The first-order chi connectivity index (χ1) is 6.95. The molecule has 0 saturated heterocycles. The van der Waals surface area contributed by atoms with Crippen molar-refractivity contribution >= 4 is 5.69 Å². The van der Waals surface area contributed by atoms with Crippen molar-refractivity contribution in [3.8, 4) is 18.1 Å². The number of halogens is 3. The first-order valence-electron chi connectivity index (χ1n) is 3.98. The van der Waals surface area contributed by atoms with Crippen molar-refractivity contribution in [2.75, 3.05) is 12.3 Å². The van der Waals surface area contributed by atoms with Crippen molar-refractivity contribution in [2.24, 2.45) is 0 Å². The van der Waals surface area contributed by atoms with Crippen molar-refractivity contribution in [1.82, 2.24) is 0 Å². The highest BCUT2D eigenvalue weighted by atomic mass is 19.4. The second-order valence-corrected chi connectivity index (χ2v) is 2.74. The molecule has 15 heavy (non-hydrogen) atoms. The monoisotopic (exact) mass is 215 g/mol. The van der Waals surface area contributed by atoms with Crippen LogP contribution < -0.4 is 10.5 Å². The predicted molar refractivity (Wildman–Crippen MR) is 50.2 cm³/mol. The van der Waals surface area contributed by atoms with Crippen LogP contribution in [0.25, 0.3) is 0 Å². The molecule has 80 valence electrons. The van der Waals surface area contributed by atoms with Crippen LogP contribution in [0.15, 0.2) is 18.2 Å². The second-order valence-electron chi connectivity index (χ2n) is 2.74. The normalized spacial score (nSPS) is 10.8. The third kappa shape index (κ3) is 2.81. The first kappa shape index (κ1) is 11.2. The molecule has 1 aromatic carbocycles. The number of benzene rings is 1. The van der Waals surface area contributed by atoms with Gasteiger partial charge in [-0.3, -0.25) is 0 Å². The molecule has 0 aliphatic rings. The van der Waals surface area contributed by atoms with E-state index in [0.29, 0.717) is 0 Å². The fourth-order valence-electron chi connectivity index (χ4n) is 0.996. The number of nitrogens with two attached hydrogens (primary N) is 1. The summed E-state index contributed by atoms with van der Waals surface area (Å²) >= 11 is 0. The van der Waals surface area contributed by atoms with E-state index in [2.05, 4.69) is 5.92 Å². The fraction of sp³-hybridized carbons (Fsp3) is 0.200. The van der Waals surface area contributed by atoms with Crippen molar-refractivity contribution in [1.29, 1.82) is 0 Å². The van der Waals surface area contributed by atoms with E-state index in [4.69, 9.17) is 16.9 Å². The Labute approximate surface area is 84.8 Å². The van der Waals surface area contributed by atoms with Gasteiger partial charge in [0.2, 0.25) is 0 Å². The molecular formula is C10H8F3NO. The first-order valence-corrected chi connectivity index (χ1v) is 3.98. The highest BCUT2D eigenvalue weighted by Gasteiger charge is 2.33. The molecule has 2 nitrogen and oxygen atoms in total. The molecule has 0 atom stereocenters. The van der Waals surface area contributed by atoms with E-state index in [1.165, 1.54) is 6.07 Å². The third-order valence-corrected chi connectivity index (χ3v) is 1.65. The number of rotatable bonds is 2. The maximum atomic E-state index is 12.4.